The van der Waals surface area contributed by atoms with Gasteiger partial charge in [0, 0.05) is 31.1 Å². The van der Waals surface area contributed by atoms with Gasteiger partial charge in [0.1, 0.15) is 0 Å². The Morgan fingerprint density at radius 1 is 1.27 bits per heavy atom. The molecule has 1 saturated carbocycles. The second-order valence-corrected chi connectivity index (χ2v) is 6.71. The molecule has 0 atom stereocenters. The first kappa shape index (κ1) is 15.3. The number of nitrogens with zero attached hydrogens (tertiary/aromatic N) is 1. The number of carbonyl (C=O) groups excluding carboxylic acids is 2. The SMILES string of the molecule is CNC(=O)C1CCN(C(=O)C2(c3cccc(Cl)c3)CC2)CC1. The van der Waals surface area contributed by atoms with Gasteiger partial charge in [-0.25, -0.2) is 0 Å². The van der Waals surface area contributed by atoms with Gasteiger partial charge >= 0.3 is 0 Å². The van der Waals surface area contributed by atoms with Crippen LogP contribution in [0.25, 0.3) is 0 Å². The summed E-state index contributed by atoms with van der Waals surface area (Å²) in [6.45, 7) is 1.33. The number of benzene rings is 1. The van der Waals surface area contributed by atoms with E-state index in [1.54, 1.807) is 7.05 Å². The molecule has 1 N–H and O–H groups in total. The Balaban J connectivity index is 1.69. The van der Waals surface area contributed by atoms with Crippen LogP contribution < -0.4 is 5.32 Å². The maximum Gasteiger partial charge on any atom is 0.233 e. The molecule has 0 aromatic heterocycles. The molecule has 3 rings (SSSR count). The number of halogens is 1. The normalized spacial score (nSPS) is 20.5. The van der Waals surface area contributed by atoms with E-state index in [1.807, 2.05) is 29.2 Å². The Morgan fingerprint density at radius 3 is 2.50 bits per heavy atom. The third-order valence-corrected chi connectivity index (χ3v) is 5.17. The van der Waals surface area contributed by atoms with E-state index < -0.39 is 0 Å². The summed E-state index contributed by atoms with van der Waals surface area (Å²) in [6.07, 6.45) is 3.27. The van der Waals surface area contributed by atoms with E-state index in [4.69, 9.17) is 11.6 Å². The van der Waals surface area contributed by atoms with Crippen LogP contribution in [0, 0.1) is 5.92 Å². The summed E-state index contributed by atoms with van der Waals surface area (Å²) in [6, 6.07) is 7.64. The van der Waals surface area contributed by atoms with Gasteiger partial charge in [0.05, 0.1) is 5.41 Å². The largest absolute Gasteiger partial charge is 0.359 e. The molecule has 1 heterocycles. The smallest absolute Gasteiger partial charge is 0.233 e. The van der Waals surface area contributed by atoms with Crippen molar-refractivity contribution in [1.29, 1.82) is 0 Å². The van der Waals surface area contributed by atoms with Crippen molar-refractivity contribution >= 4 is 23.4 Å². The summed E-state index contributed by atoms with van der Waals surface area (Å²) >= 11 is 6.07. The lowest BCUT2D eigenvalue weighted by atomic mass is 9.91. The van der Waals surface area contributed by atoms with Crippen LogP contribution in [0.4, 0.5) is 0 Å². The molecule has 1 aliphatic carbocycles. The van der Waals surface area contributed by atoms with Gasteiger partial charge in [0.2, 0.25) is 11.8 Å². The predicted octanol–water partition coefficient (Wildman–Crippen LogP) is 2.36. The molecule has 4 nitrogen and oxygen atoms in total. The van der Waals surface area contributed by atoms with Crippen LogP contribution in [0.5, 0.6) is 0 Å². The van der Waals surface area contributed by atoms with Gasteiger partial charge in [-0.1, -0.05) is 23.7 Å². The van der Waals surface area contributed by atoms with Crippen molar-refractivity contribution in [2.24, 2.45) is 5.92 Å². The summed E-state index contributed by atoms with van der Waals surface area (Å²) < 4.78 is 0. The summed E-state index contributed by atoms with van der Waals surface area (Å²) in [5.41, 5.74) is 0.656. The number of piperidine rings is 1. The molecule has 1 saturated heterocycles. The zero-order valence-corrected chi connectivity index (χ0v) is 13.5. The second kappa shape index (κ2) is 5.92. The highest BCUT2D eigenvalue weighted by atomic mass is 35.5. The average Bonchev–Trinajstić information content (AvgIpc) is 3.35. The molecule has 22 heavy (non-hydrogen) atoms. The number of likely N-dealkylation sites (tertiary alicyclic amines) is 1. The molecular formula is C17H21ClN2O2. The van der Waals surface area contributed by atoms with Crippen molar-refractivity contribution in [3.05, 3.63) is 34.9 Å². The fourth-order valence-corrected chi connectivity index (χ4v) is 3.58. The Morgan fingerprint density at radius 2 is 1.95 bits per heavy atom. The van der Waals surface area contributed by atoms with E-state index >= 15 is 0 Å². The Bertz CT molecular complexity index is 590. The van der Waals surface area contributed by atoms with E-state index in [1.165, 1.54) is 0 Å². The molecular weight excluding hydrogens is 300 g/mol. The van der Waals surface area contributed by atoms with E-state index in [0.29, 0.717) is 18.1 Å². The van der Waals surface area contributed by atoms with E-state index in [9.17, 15) is 9.59 Å². The van der Waals surface area contributed by atoms with E-state index in [2.05, 4.69) is 5.32 Å². The van der Waals surface area contributed by atoms with Crippen LogP contribution in [-0.2, 0) is 15.0 Å². The Labute approximate surface area is 135 Å². The number of carbonyl (C=O) groups is 2. The van der Waals surface area contributed by atoms with Crippen LogP contribution >= 0.6 is 11.6 Å². The topological polar surface area (TPSA) is 49.4 Å². The number of rotatable bonds is 3. The van der Waals surface area contributed by atoms with Gasteiger partial charge in [-0.2, -0.15) is 0 Å². The highest BCUT2D eigenvalue weighted by molar-refractivity contribution is 6.30. The van der Waals surface area contributed by atoms with Crippen LogP contribution in [0.15, 0.2) is 24.3 Å². The van der Waals surface area contributed by atoms with Crippen molar-refractivity contribution < 1.29 is 9.59 Å². The summed E-state index contributed by atoms with van der Waals surface area (Å²) in [5, 5.41) is 3.37. The van der Waals surface area contributed by atoms with Crippen LogP contribution in [0.2, 0.25) is 5.02 Å². The quantitative estimate of drug-likeness (QED) is 0.929. The molecule has 2 fully saturated rings. The number of amides is 2. The molecule has 0 bridgehead atoms. The van der Waals surface area contributed by atoms with Crippen molar-refractivity contribution in [2.45, 2.75) is 31.1 Å². The van der Waals surface area contributed by atoms with Crippen molar-refractivity contribution in [2.75, 3.05) is 20.1 Å². The summed E-state index contributed by atoms with van der Waals surface area (Å²) in [7, 11) is 1.66. The van der Waals surface area contributed by atoms with Crippen LogP contribution in [0.3, 0.4) is 0 Å². The lowest BCUT2D eigenvalue weighted by Crippen LogP contribution is -2.46. The zero-order valence-electron chi connectivity index (χ0n) is 12.8. The van der Waals surface area contributed by atoms with Gasteiger partial charge in [-0.05, 0) is 43.4 Å². The first-order chi connectivity index (χ1) is 10.6. The van der Waals surface area contributed by atoms with Crippen molar-refractivity contribution in [1.82, 2.24) is 10.2 Å². The first-order valence-corrected chi connectivity index (χ1v) is 8.21. The molecule has 2 aliphatic rings. The van der Waals surface area contributed by atoms with Gasteiger partial charge in [-0.3, -0.25) is 9.59 Å². The number of hydrogen-bond acceptors (Lipinski definition) is 2. The second-order valence-electron chi connectivity index (χ2n) is 6.27. The highest BCUT2D eigenvalue weighted by Gasteiger charge is 2.53. The Hall–Kier alpha value is -1.55. The summed E-state index contributed by atoms with van der Waals surface area (Å²) in [5.74, 6) is 0.323. The molecule has 118 valence electrons. The predicted molar refractivity (Wildman–Crippen MR) is 85.7 cm³/mol. The number of hydrogen-bond donors (Lipinski definition) is 1. The van der Waals surface area contributed by atoms with Gasteiger partial charge in [-0.15, -0.1) is 0 Å². The third-order valence-electron chi connectivity index (χ3n) is 4.94. The van der Waals surface area contributed by atoms with E-state index in [-0.39, 0.29) is 23.1 Å². The standard InChI is InChI=1S/C17H21ClN2O2/c1-19-15(21)12-5-9-20(10-6-12)16(22)17(7-8-17)13-3-2-4-14(18)11-13/h2-4,11-12H,5-10H2,1H3,(H,19,21). The molecule has 0 spiro atoms. The van der Waals surface area contributed by atoms with E-state index in [0.717, 1.165) is 31.2 Å². The van der Waals surface area contributed by atoms with Crippen LogP contribution in [-0.4, -0.2) is 36.9 Å². The minimum absolute atomic E-state index is 0.0374. The minimum Gasteiger partial charge on any atom is -0.359 e. The van der Waals surface area contributed by atoms with Crippen molar-refractivity contribution in [3.8, 4) is 0 Å². The molecule has 0 unspecified atom stereocenters. The maximum absolute atomic E-state index is 12.9. The molecule has 1 aliphatic heterocycles. The third kappa shape index (κ3) is 2.72. The fourth-order valence-electron chi connectivity index (χ4n) is 3.39. The van der Waals surface area contributed by atoms with Crippen molar-refractivity contribution in [3.63, 3.8) is 0 Å². The lowest BCUT2D eigenvalue weighted by molar-refractivity contribution is -0.137. The van der Waals surface area contributed by atoms with Gasteiger partial charge in [0.15, 0.2) is 0 Å². The van der Waals surface area contributed by atoms with Crippen LogP contribution in [0.1, 0.15) is 31.2 Å². The molecule has 1 aromatic carbocycles. The minimum atomic E-state index is -0.370. The maximum atomic E-state index is 12.9. The molecule has 5 heteroatoms. The lowest BCUT2D eigenvalue weighted by Gasteiger charge is -2.34. The monoisotopic (exact) mass is 320 g/mol. The average molecular weight is 321 g/mol. The fraction of sp³-hybridized carbons (Fsp3) is 0.529. The van der Waals surface area contributed by atoms with Gasteiger partial charge < -0.3 is 10.2 Å². The van der Waals surface area contributed by atoms with Gasteiger partial charge in [0.25, 0.3) is 0 Å². The number of nitrogens with one attached hydrogen (secondary N) is 1. The zero-order chi connectivity index (χ0) is 15.7. The molecule has 2 amide bonds. The Kier molecular flexibility index (Phi) is 4.13. The molecule has 1 aromatic rings. The summed E-state index contributed by atoms with van der Waals surface area (Å²) in [4.78, 5) is 26.5. The molecule has 0 radical (unpaired) electrons. The first-order valence-electron chi connectivity index (χ1n) is 7.84. The highest BCUT2D eigenvalue weighted by Crippen LogP contribution is 2.50.